The Morgan fingerprint density at radius 2 is 2.00 bits per heavy atom. The highest BCUT2D eigenvalue weighted by Crippen LogP contribution is 2.16. The van der Waals surface area contributed by atoms with E-state index in [1.165, 1.54) is 30.3 Å². The maximum absolute atomic E-state index is 12.9. The van der Waals surface area contributed by atoms with Crippen molar-refractivity contribution in [3.8, 4) is 11.3 Å². The molecule has 0 aliphatic rings. The van der Waals surface area contributed by atoms with Crippen LogP contribution in [0.4, 0.5) is 4.39 Å². The van der Waals surface area contributed by atoms with Gasteiger partial charge in [0.25, 0.3) is 5.91 Å². The van der Waals surface area contributed by atoms with E-state index in [9.17, 15) is 14.0 Å². The third-order valence-corrected chi connectivity index (χ3v) is 2.80. The first-order valence-electron chi connectivity index (χ1n) is 6.61. The molecule has 2 rings (SSSR count). The smallest absolute Gasteiger partial charge is 0.346 e. The largest absolute Gasteiger partial charge is 0.351 e. The zero-order valence-corrected chi connectivity index (χ0v) is 11.8. The number of halogens is 1. The van der Waals surface area contributed by atoms with Crippen LogP contribution in [-0.4, -0.2) is 22.4 Å². The molecule has 1 amide bonds. The van der Waals surface area contributed by atoms with Crippen molar-refractivity contribution in [2.75, 3.05) is 6.54 Å². The van der Waals surface area contributed by atoms with Gasteiger partial charge in [-0.2, -0.15) is 4.98 Å². The fourth-order valence-electron chi connectivity index (χ4n) is 1.74. The van der Waals surface area contributed by atoms with E-state index in [0.29, 0.717) is 23.7 Å². The number of H-pyrrole nitrogens is 1. The Morgan fingerprint density at radius 1 is 1.33 bits per heavy atom. The molecule has 1 aromatic heterocycles. The highest BCUT2D eigenvalue weighted by atomic mass is 19.1. The van der Waals surface area contributed by atoms with Crippen molar-refractivity contribution < 1.29 is 9.18 Å². The van der Waals surface area contributed by atoms with Crippen LogP contribution in [0.15, 0.2) is 35.1 Å². The molecule has 1 aromatic carbocycles. The van der Waals surface area contributed by atoms with Crippen molar-refractivity contribution in [3.05, 3.63) is 52.3 Å². The molecule has 5 nitrogen and oxygen atoms in total. The van der Waals surface area contributed by atoms with Crippen molar-refractivity contribution in [1.29, 1.82) is 0 Å². The van der Waals surface area contributed by atoms with E-state index in [1.54, 1.807) is 0 Å². The minimum atomic E-state index is -0.619. The number of aromatic nitrogens is 2. The van der Waals surface area contributed by atoms with Crippen LogP contribution in [0.3, 0.4) is 0 Å². The normalized spacial score (nSPS) is 10.7. The van der Waals surface area contributed by atoms with Crippen molar-refractivity contribution in [2.24, 2.45) is 5.92 Å². The second-order valence-corrected chi connectivity index (χ2v) is 5.10. The Kier molecular flexibility index (Phi) is 4.47. The quantitative estimate of drug-likeness (QED) is 0.903. The minimum Gasteiger partial charge on any atom is -0.351 e. The van der Waals surface area contributed by atoms with Crippen molar-refractivity contribution in [2.45, 2.75) is 13.8 Å². The summed E-state index contributed by atoms with van der Waals surface area (Å²) in [6.07, 6.45) is 0. The number of hydrogen-bond donors (Lipinski definition) is 2. The third-order valence-electron chi connectivity index (χ3n) is 2.80. The second kappa shape index (κ2) is 6.30. The molecule has 0 atom stereocenters. The lowest BCUT2D eigenvalue weighted by atomic mass is 10.1. The van der Waals surface area contributed by atoms with Gasteiger partial charge in [0.15, 0.2) is 0 Å². The number of benzene rings is 1. The summed E-state index contributed by atoms with van der Waals surface area (Å²) in [5.41, 5.74) is 0.412. The van der Waals surface area contributed by atoms with Gasteiger partial charge in [-0.15, -0.1) is 0 Å². The molecule has 1 heterocycles. The van der Waals surface area contributed by atoms with E-state index < -0.39 is 5.69 Å². The predicted octanol–water partition coefficient (Wildman–Crippen LogP) is 1.96. The van der Waals surface area contributed by atoms with Crippen LogP contribution >= 0.6 is 0 Å². The van der Waals surface area contributed by atoms with Gasteiger partial charge in [0.2, 0.25) is 0 Å². The van der Waals surface area contributed by atoms with Crippen molar-refractivity contribution in [1.82, 2.24) is 15.3 Å². The van der Waals surface area contributed by atoms with E-state index in [-0.39, 0.29) is 17.4 Å². The Hall–Kier alpha value is -2.50. The molecule has 0 fully saturated rings. The number of hydrogen-bond acceptors (Lipinski definition) is 3. The van der Waals surface area contributed by atoms with E-state index in [4.69, 9.17) is 0 Å². The zero-order valence-electron chi connectivity index (χ0n) is 11.8. The van der Waals surface area contributed by atoms with E-state index in [0.717, 1.165) is 0 Å². The highest BCUT2D eigenvalue weighted by molar-refractivity contribution is 5.93. The van der Waals surface area contributed by atoms with Crippen LogP contribution in [0, 0.1) is 11.7 Å². The van der Waals surface area contributed by atoms with Crippen LogP contribution in [-0.2, 0) is 0 Å². The average Bonchev–Trinajstić information content (AvgIpc) is 2.44. The van der Waals surface area contributed by atoms with Gasteiger partial charge in [-0.3, -0.25) is 4.79 Å². The molecule has 2 aromatic rings. The fraction of sp³-hybridized carbons (Fsp3) is 0.267. The van der Waals surface area contributed by atoms with E-state index in [2.05, 4.69) is 15.3 Å². The molecule has 2 N–H and O–H groups in total. The average molecular weight is 289 g/mol. The first-order chi connectivity index (χ1) is 9.95. The second-order valence-electron chi connectivity index (χ2n) is 5.10. The van der Waals surface area contributed by atoms with Gasteiger partial charge in [0, 0.05) is 12.1 Å². The van der Waals surface area contributed by atoms with Gasteiger partial charge in [-0.1, -0.05) is 13.8 Å². The lowest BCUT2D eigenvalue weighted by Crippen LogP contribution is -2.30. The Morgan fingerprint density at radius 3 is 2.62 bits per heavy atom. The molecule has 21 heavy (non-hydrogen) atoms. The van der Waals surface area contributed by atoms with Gasteiger partial charge < -0.3 is 10.3 Å². The molecule has 0 aliphatic heterocycles. The monoisotopic (exact) mass is 289 g/mol. The van der Waals surface area contributed by atoms with Crippen LogP contribution in [0.25, 0.3) is 11.3 Å². The Balaban J connectivity index is 2.31. The highest BCUT2D eigenvalue weighted by Gasteiger charge is 2.11. The number of carbonyl (C=O) groups excluding carboxylic acids is 1. The zero-order chi connectivity index (χ0) is 15.4. The van der Waals surface area contributed by atoms with Gasteiger partial charge in [0.05, 0.1) is 5.69 Å². The molecule has 0 bridgehead atoms. The molecule has 0 saturated carbocycles. The molecule has 0 saturated heterocycles. The minimum absolute atomic E-state index is 0.134. The number of aromatic amines is 1. The summed E-state index contributed by atoms with van der Waals surface area (Å²) in [5, 5.41) is 2.72. The van der Waals surface area contributed by atoms with Gasteiger partial charge in [-0.25, -0.2) is 9.18 Å². The summed E-state index contributed by atoms with van der Waals surface area (Å²) in [7, 11) is 0. The summed E-state index contributed by atoms with van der Waals surface area (Å²) in [6.45, 7) is 4.45. The molecule has 110 valence electrons. The molecule has 0 unspecified atom stereocenters. The van der Waals surface area contributed by atoms with Crippen molar-refractivity contribution >= 4 is 5.91 Å². The van der Waals surface area contributed by atoms with Crippen LogP contribution in [0.1, 0.15) is 24.3 Å². The number of carbonyl (C=O) groups is 1. The summed E-state index contributed by atoms with van der Waals surface area (Å²) in [5.74, 6) is -0.441. The number of rotatable bonds is 4. The number of nitrogens with one attached hydrogen (secondary N) is 2. The maximum Gasteiger partial charge on any atom is 0.346 e. The van der Waals surface area contributed by atoms with Crippen LogP contribution < -0.4 is 11.0 Å². The first kappa shape index (κ1) is 14.9. The Labute approximate surface area is 121 Å². The Bertz CT molecular complexity index is 693. The van der Waals surface area contributed by atoms with Crippen LogP contribution in [0.5, 0.6) is 0 Å². The first-order valence-corrected chi connectivity index (χ1v) is 6.61. The molecular formula is C15H16FN3O2. The molecule has 0 radical (unpaired) electrons. The molecule has 0 spiro atoms. The van der Waals surface area contributed by atoms with E-state index >= 15 is 0 Å². The third kappa shape index (κ3) is 3.98. The summed E-state index contributed by atoms with van der Waals surface area (Å²) < 4.78 is 12.9. The molecular weight excluding hydrogens is 273 g/mol. The standard InChI is InChI=1S/C15H16FN3O2/c1-9(2)8-17-14(20)13-7-12(18-15(21)19-13)10-3-5-11(16)6-4-10/h3-7,9H,8H2,1-2H3,(H,17,20)(H,18,19,21). The van der Waals surface area contributed by atoms with Gasteiger partial charge in [0.1, 0.15) is 11.5 Å². The molecule has 6 heteroatoms. The van der Waals surface area contributed by atoms with Gasteiger partial charge in [-0.05, 0) is 36.2 Å². The SMILES string of the molecule is CC(C)CNC(=O)c1cc(-c2ccc(F)cc2)nc(=O)[nH]1. The maximum atomic E-state index is 12.9. The summed E-state index contributed by atoms with van der Waals surface area (Å²) in [4.78, 5) is 29.7. The predicted molar refractivity (Wildman–Crippen MR) is 77.4 cm³/mol. The topological polar surface area (TPSA) is 74.8 Å². The summed E-state index contributed by atoms with van der Waals surface area (Å²) >= 11 is 0. The van der Waals surface area contributed by atoms with Crippen molar-refractivity contribution in [3.63, 3.8) is 0 Å². The fourth-order valence-corrected chi connectivity index (χ4v) is 1.74. The van der Waals surface area contributed by atoms with Gasteiger partial charge >= 0.3 is 5.69 Å². The van der Waals surface area contributed by atoms with E-state index in [1.807, 2.05) is 13.8 Å². The molecule has 0 aliphatic carbocycles. The number of nitrogens with zero attached hydrogens (tertiary/aromatic N) is 1. The van der Waals surface area contributed by atoms with Crippen LogP contribution in [0.2, 0.25) is 0 Å². The number of amides is 1. The lowest BCUT2D eigenvalue weighted by Gasteiger charge is -2.08. The lowest BCUT2D eigenvalue weighted by molar-refractivity contribution is 0.0943. The summed E-state index contributed by atoms with van der Waals surface area (Å²) in [6, 6.07) is 7.04.